The van der Waals surface area contributed by atoms with Gasteiger partial charge in [-0.25, -0.2) is 4.98 Å². The highest BCUT2D eigenvalue weighted by atomic mass is 32.1. The molecule has 1 aromatic heterocycles. The van der Waals surface area contributed by atoms with E-state index < -0.39 is 0 Å². The third-order valence-electron chi connectivity index (χ3n) is 3.02. The summed E-state index contributed by atoms with van der Waals surface area (Å²) in [6.45, 7) is 5.43. The minimum absolute atomic E-state index is 0.417. The summed E-state index contributed by atoms with van der Waals surface area (Å²) >= 11 is 1.74. The highest BCUT2D eigenvalue weighted by Crippen LogP contribution is 2.26. The molecule has 1 saturated carbocycles. The van der Waals surface area contributed by atoms with Gasteiger partial charge in [0.1, 0.15) is 0 Å². The fraction of sp³-hybridized carbons (Fsp3) is 0.727. The minimum atomic E-state index is 0.417. The van der Waals surface area contributed by atoms with Crippen molar-refractivity contribution in [3.63, 3.8) is 0 Å². The Hall–Kier alpha value is -0.410. The van der Waals surface area contributed by atoms with Crippen LogP contribution < -0.4 is 5.32 Å². The summed E-state index contributed by atoms with van der Waals surface area (Å²) in [6, 6.07) is 0.417. The largest absolute Gasteiger partial charge is 0.309 e. The molecule has 0 aliphatic heterocycles. The number of aromatic nitrogens is 1. The van der Waals surface area contributed by atoms with Crippen LogP contribution in [0.2, 0.25) is 0 Å². The van der Waals surface area contributed by atoms with E-state index >= 15 is 0 Å². The average Bonchev–Trinajstić information content (AvgIpc) is 2.49. The second kappa shape index (κ2) is 4.41. The third-order valence-corrected chi connectivity index (χ3v) is 3.81. The van der Waals surface area contributed by atoms with Crippen molar-refractivity contribution in [2.24, 2.45) is 5.92 Å². The van der Waals surface area contributed by atoms with Gasteiger partial charge in [0.05, 0.1) is 10.7 Å². The molecule has 3 heteroatoms. The van der Waals surface area contributed by atoms with Gasteiger partial charge in [0.25, 0.3) is 0 Å². The smallest absolute Gasteiger partial charge is 0.0898 e. The highest BCUT2D eigenvalue weighted by Gasteiger charge is 2.18. The summed E-state index contributed by atoms with van der Waals surface area (Å²) in [4.78, 5) is 4.49. The zero-order valence-electron chi connectivity index (χ0n) is 8.92. The molecule has 1 aromatic rings. The molecule has 2 nitrogen and oxygen atoms in total. The van der Waals surface area contributed by atoms with E-state index in [1.165, 1.54) is 25.0 Å². The number of rotatable bonds is 4. The number of nitrogens with one attached hydrogen (secondary N) is 1. The standard InChI is InChI=1S/C11H18N2S/c1-8(11-7-14-9(2)13-11)12-6-10-4-3-5-10/h7-8,10,12H,3-6H2,1-2H3. The van der Waals surface area contributed by atoms with Crippen molar-refractivity contribution >= 4 is 11.3 Å². The van der Waals surface area contributed by atoms with Crippen molar-refractivity contribution in [2.75, 3.05) is 6.54 Å². The van der Waals surface area contributed by atoms with Gasteiger partial charge in [-0.1, -0.05) is 6.42 Å². The summed E-state index contributed by atoms with van der Waals surface area (Å²) in [5.74, 6) is 0.928. The topological polar surface area (TPSA) is 24.9 Å². The van der Waals surface area contributed by atoms with Crippen molar-refractivity contribution in [3.05, 3.63) is 16.1 Å². The Morgan fingerprint density at radius 1 is 1.64 bits per heavy atom. The van der Waals surface area contributed by atoms with Crippen LogP contribution in [0.5, 0.6) is 0 Å². The van der Waals surface area contributed by atoms with Gasteiger partial charge in [-0.05, 0) is 39.2 Å². The van der Waals surface area contributed by atoms with Crippen LogP contribution >= 0.6 is 11.3 Å². The number of nitrogens with zero attached hydrogens (tertiary/aromatic N) is 1. The van der Waals surface area contributed by atoms with Crippen LogP contribution in [-0.4, -0.2) is 11.5 Å². The van der Waals surface area contributed by atoms with Crippen molar-refractivity contribution in [1.29, 1.82) is 0 Å². The van der Waals surface area contributed by atoms with Crippen LogP contribution in [0.15, 0.2) is 5.38 Å². The van der Waals surface area contributed by atoms with Gasteiger partial charge in [0.2, 0.25) is 0 Å². The van der Waals surface area contributed by atoms with E-state index in [2.05, 4.69) is 29.5 Å². The first-order valence-corrected chi connectivity index (χ1v) is 6.29. The molecule has 1 aliphatic rings. The molecule has 0 amide bonds. The lowest BCUT2D eigenvalue weighted by Crippen LogP contribution is -2.29. The Morgan fingerprint density at radius 3 is 2.93 bits per heavy atom. The molecule has 0 aromatic carbocycles. The van der Waals surface area contributed by atoms with Gasteiger partial charge in [0, 0.05) is 11.4 Å². The van der Waals surface area contributed by atoms with Crippen LogP contribution in [0, 0.1) is 12.8 Å². The summed E-state index contributed by atoms with van der Waals surface area (Å²) in [7, 11) is 0. The Morgan fingerprint density at radius 2 is 2.43 bits per heavy atom. The molecular weight excluding hydrogens is 192 g/mol. The molecular formula is C11H18N2S. The quantitative estimate of drug-likeness (QED) is 0.826. The fourth-order valence-electron chi connectivity index (χ4n) is 1.72. The Balaban J connectivity index is 1.79. The average molecular weight is 210 g/mol. The highest BCUT2D eigenvalue weighted by molar-refractivity contribution is 7.09. The van der Waals surface area contributed by atoms with E-state index in [1.807, 2.05) is 0 Å². The Bertz CT molecular complexity index is 291. The van der Waals surface area contributed by atoms with Crippen LogP contribution in [0.25, 0.3) is 0 Å². The van der Waals surface area contributed by atoms with Crippen molar-refractivity contribution in [2.45, 2.75) is 39.2 Å². The zero-order chi connectivity index (χ0) is 9.97. The molecule has 1 heterocycles. The number of thiazole rings is 1. The Kier molecular flexibility index (Phi) is 3.19. The predicted octanol–water partition coefficient (Wildman–Crippen LogP) is 2.90. The predicted molar refractivity (Wildman–Crippen MR) is 60.6 cm³/mol. The summed E-state index contributed by atoms with van der Waals surface area (Å²) < 4.78 is 0. The lowest BCUT2D eigenvalue weighted by atomic mass is 9.85. The molecule has 0 radical (unpaired) electrons. The number of hydrogen-bond acceptors (Lipinski definition) is 3. The van der Waals surface area contributed by atoms with E-state index in [-0.39, 0.29) is 0 Å². The van der Waals surface area contributed by atoms with Gasteiger partial charge in [-0.3, -0.25) is 0 Å². The molecule has 1 unspecified atom stereocenters. The third kappa shape index (κ3) is 2.34. The summed E-state index contributed by atoms with van der Waals surface area (Å²) in [5, 5.41) is 6.88. The van der Waals surface area contributed by atoms with E-state index in [1.54, 1.807) is 11.3 Å². The molecule has 14 heavy (non-hydrogen) atoms. The van der Waals surface area contributed by atoms with E-state index in [9.17, 15) is 0 Å². The molecule has 0 spiro atoms. The SMILES string of the molecule is Cc1nc(C(C)NCC2CCC2)cs1. The van der Waals surface area contributed by atoms with Gasteiger partial charge in [-0.15, -0.1) is 11.3 Å². The second-order valence-electron chi connectivity index (χ2n) is 4.22. The molecule has 0 saturated heterocycles. The van der Waals surface area contributed by atoms with E-state index in [0.717, 1.165) is 17.5 Å². The first-order valence-electron chi connectivity index (χ1n) is 5.41. The first kappa shape index (κ1) is 10.1. The van der Waals surface area contributed by atoms with Crippen LogP contribution in [0.3, 0.4) is 0 Å². The minimum Gasteiger partial charge on any atom is -0.309 e. The molecule has 1 atom stereocenters. The molecule has 1 aliphatic carbocycles. The van der Waals surface area contributed by atoms with E-state index in [4.69, 9.17) is 0 Å². The van der Waals surface area contributed by atoms with Crippen LogP contribution in [0.1, 0.15) is 42.9 Å². The maximum Gasteiger partial charge on any atom is 0.0898 e. The second-order valence-corrected chi connectivity index (χ2v) is 5.28. The first-order chi connectivity index (χ1) is 6.75. The zero-order valence-corrected chi connectivity index (χ0v) is 9.73. The van der Waals surface area contributed by atoms with Gasteiger partial charge in [-0.2, -0.15) is 0 Å². The van der Waals surface area contributed by atoms with Crippen molar-refractivity contribution < 1.29 is 0 Å². The lowest BCUT2D eigenvalue weighted by Gasteiger charge is -2.26. The number of aryl methyl sites for hydroxylation is 1. The van der Waals surface area contributed by atoms with Crippen molar-refractivity contribution in [1.82, 2.24) is 10.3 Å². The van der Waals surface area contributed by atoms with Crippen LogP contribution in [-0.2, 0) is 0 Å². The van der Waals surface area contributed by atoms with Gasteiger partial charge in [0.15, 0.2) is 0 Å². The van der Waals surface area contributed by atoms with E-state index in [0.29, 0.717) is 6.04 Å². The molecule has 78 valence electrons. The molecule has 2 rings (SSSR count). The summed E-state index contributed by atoms with van der Waals surface area (Å²) in [6.07, 6.45) is 4.25. The van der Waals surface area contributed by atoms with Gasteiger partial charge >= 0.3 is 0 Å². The van der Waals surface area contributed by atoms with Gasteiger partial charge < -0.3 is 5.32 Å². The fourth-order valence-corrected chi connectivity index (χ4v) is 2.43. The lowest BCUT2D eigenvalue weighted by molar-refractivity contribution is 0.291. The molecule has 1 fully saturated rings. The van der Waals surface area contributed by atoms with Crippen LogP contribution in [0.4, 0.5) is 0 Å². The normalized spacial score (nSPS) is 19.3. The molecule has 1 N–H and O–H groups in total. The maximum absolute atomic E-state index is 4.49. The summed E-state index contributed by atoms with van der Waals surface area (Å²) in [5.41, 5.74) is 1.20. The maximum atomic E-state index is 4.49. The number of hydrogen-bond donors (Lipinski definition) is 1. The molecule has 0 bridgehead atoms. The monoisotopic (exact) mass is 210 g/mol. The van der Waals surface area contributed by atoms with Crippen molar-refractivity contribution in [3.8, 4) is 0 Å². The Labute approximate surface area is 89.8 Å².